The Morgan fingerprint density at radius 1 is 1.69 bits per heavy atom. The van der Waals surface area contributed by atoms with Crippen LogP contribution in [0.2, 0.25) is 4.34 Å². The van der Waals surface area contributed by atoms with Crippen LogP contribution in [0.4, 0.5) is 0 Å². The van der Waals surface area contributed by atoms with Crippen molar-refractivity contribution in [3.8, 4) is 0 Å². The average Bonchev–Trinajstić information content (AvgIpc) is 2.47. The van der Waals surface area contributed by atoms with Gasteiger partial charge in [-0.05, 0) is 30.9 Å². The number of hydrogen-bond acceptors (Lipinski definition) is 3. The van der Waals surface area contributed by atoms with E-state index in [-0.39, 0.29) is 6.04 Å². The molecular weight excluding hydrogens is 206 g/mol. The quantitative estimate of drug-likeness (QED) is 0.521. The number of rotatable bonds is 1. The van der Waals surface area contributed by atoms with Crippen LogP contribution in [0, 0.1) is 0 Å². The molecule has 4 heteroatoms. The maximum absolute atomic E-state index is 10.2. The molecular formula is C9H8ClNOS. The van der Waals surface area contributed by atoms with E-state index >= 15 is 0 Å². The van der Waals surface area contributed by atoms with E-state index in [9.17, 15) is 4.79 Å². The Labute approximate surface area is 85.3 Å². The molecule has 0 radical (unpaired) electrons. The molecule has 1 aromatic heterocycles. The van der Waals surface area contributed by atoms with Gasteiger partial charge in [0.05, 0.1) is 10.4 Å². The summed E-state index contributed by atoms with van der Waals surface area (Å²) in [7, 11) is 0. The smallest absolute Gasteiger partial charge is 0.211 e. The van der Waals surface area contributed by atoms with Gasteiger partial charge in [0.25, 0.3) is 0 Å². The van der Waals surface area contributed by atoms with Gasteiger partial charge in [-0.15, -0.1) is 11.3 Å². The van der Waals surface area contributed by atoms with Crippen LogP contribution < -0.4 is 0 Å². The molecule has 1 unspecified atom stereocenters. The molecule has 1 aromatic rings. The molecule has 0 N–H and O–H groups in total. The van der Waals surface area contributed by atoms with Crippen molar-refractivity contribution >= 4 is 29.0 Å². The van der Waals surface area contributed by atoms with Crippen molar-refractivity contribution < 1.29 is 4.79 Å². The molecule has 0 fully saturated rings. The predicted molar refractivity (Wildman–Crippen MR) is 53.1 cm³/mol. The molecule has 0 aliphatic heterocycles. The number of nitrogens with zero attached hydrogens (tertiary/aromatic N) is 1. The Morgan fingerprint density at radius 3 is 3.31 bits per heavy atom. The molecule has 0 aromatic carbocycles. The Kier molecular flexibility index (Phi) is 2.49. The summed E-state index contributed by atoms with van der Waals surface area (Å²) in [6, 6.07) is 1.93. The van der Waals surface area contributed by atoms with Crippen molar-refractivity contribution in [3.63, 3.8) is 0 Å². The molecule has 1 heterocycles. The van der Waals surface area contributed by atoms with E-state index in [1.807, 2.05) is 6.07 Å². The zero-order chi connectivity index (χ0) is 9.26. The third-order valence-corrected chi connectivity index (χ3v) is 3.60. The second-order valence-corrected chi connectivity index (χ2v) is 4.83. The summed E-state index contributed by atoms with van der Waals surface area (Å²) in [5.74, 6) is 0. The van der Waals surface area contributed by atoms with Gasteiger partial charge in [-0.3, -0.25) is 0 Å². The van der Waals surface area contributed by atoms with Crippen LogP contribution in [0.15, 0.2) is 11.1 Å². The number of fused-ring (bicyclic) bond motifs is 1. The highest BCUT2D eigenvalue weighted by Gasteiger charge is 2.21. The van der Waals surface area contributed by atoms with Gasteiger partial charge in [-0.2, -0.15) is 4.99 Å². The number of aryl methyl sites for hydroxylation is 1. The Bertz CT molecular complexity index is 368. The third-order valence-electron chi connectivity index (χ3n) is 2.26. The summed E-state index contributed by atoms with van der Waals surface area (Å²) < 4.78 is 0.790. The summed E-state index contributed by atoms with van der Waals surface area (Å²) in [5.41, 5.74) is 1.13. The summed E-state index contributed by atoms with van der Waals surface area (Å²) in [4.78, 5) is 15.2. The Balaban J connectivity index is 2.41. The van der Waals surface area contributed by atoms with Gasteiger partial charge in [0, 0.05) is 4.88 Å². The van der Waals surface area contributed by atoms with E-state index in [1.165, 1.54) is 4.88 Å². The molecule has 0 amide bonds. The molecule has 0 spiro atoms. The van der Waals surface area contributed by atoms with Gasteiger partial charge in [0.15, 0.2) is 0 Å². The maximum Gasteiger partial charge on any atom is 0.235 e. The minimum absolute atomic E-state index is 0.00463. The minimum Gasteiger partial charge on any atom is -0.211 e. The Hall–Kier alpha value is -0.630. The fourth-order valence-corrected chi connectivity index (χ4v) is 3.07. The van der Waals surface area contributed by atoms with Crippen LogP contribution in [0.3, 0.4) is 0 Å². The SMILES string of the molecule is O=C=NC1CCCc2sc(Cl)cc21. The van der Waals surface area contributed by atoms with E-state index in [0.29, 0.717) is 0 Å². The third kappa shape index (κ3) is 1.68. The molecule has 2 nitrogen and oxygen atoms in total. The zero-order valence-electron chi connectivity index (χ0n) is 6.92. The van der Waals surface area contributed by atoms with E-state index in [4.69, 9.17) is 11.6 Å². The lowest BCUT2D eigenvalue weighted by atomic mass is 9.95. The van der Waals surface area contributed by atoms with E-state index in [2.05, 4.69) is 4.99 Å². The summed E-state index contributed by atoms with van der Waals surface area (Å²) in [6.45, 7) is 0. The fourth-order valence-electron chi connectivity index (χ4n) is 1.70. The maximum atomic E-state index is 10.2. The highest BCUT2D eigenvalue weighted by molar-refractivity contribution is 7.16. The summed E-state index contributed by atoms with van der Waals surface area (Å²) >= 11 is 7.49. The molecule has 2 rings (SSSR count). The van der Waals surface area contributed by atoms with E-state index < -0.39 is 0 Å². The van der Waals surface area contributed by atoms with Crippen LogP contribution in [0.1, 0.15) is 29.3 Å². The van der Waals surface area contributed by atoms with Gasteiger partial charge in [-0.1, -0.05) is 11.6 Å². The van der Waals surface area contributed by atoms with E-state index in [1.54, 1.807) is 17.4 Å². The molecule has 1 aliphatic carbocycles. The molecule has 0 saturated carbocycles. The van der Waals surface area contributed by atoms with Gasteiger partial charge < -0.3 is 0 Å². The van der Waals surface area contributed by atoms with Crippen LogP contribution in [0.5, 0.6) is 0 Å². The summed E-state index contributed by atoms with van der Waals surface area (Å²) in [5, 5.41) is 0. The fraction of sp³-hybridized carbons (Fsp3) is 0.444. The molecule has 1 atom stereocenters. The number of carbonyl (C=O) groups excluding carboxylic acids is 1. The molecule has 0 bridgehead atoms. The lowest BCUT2D eigenvalue weighted by Crippen LogP contribution is -2.04. The lowest BCUT2D eigenvalue weighted by molar-refractivity contribution is 0.540. The number of hydrogen-bond donors (Lipinski definition) is 0. The number of aliphatic imine (C=N–C) groups is 1. The van der Waals surface area contributed by atoms with Gasteiger partial charge >= 0.3 is 0 Å². The molecule has 68 valence electrons. The van der Waals surface area contributed by atoms with E-state index in [0.717, 1.165) is 29.2 Å². The van der Waals surface area contributed by atoms with Crippen molar-refractivity contribution in [3.05, 3.63) is 20.8 Å². The number of halogens is 1. The largest absolute Gasteiger partial charge is 0.235 e. The zero-order valence-corrected chi connectivity index (χ0v) is 8.49. The lowest BCUT2D eigenvalue weighted by Gasteiger charge is -2.16. The average molecular weight is 214 g/mol. The molecule has 13 heavy (non-hydrogen) atoms. The van der Waals surface area contributed by atoms with Crippen molar-refractivity contribution in [2.24, 2.45) is 4.99 Å². The van der Waals surface area contributed by atoms with Crippen LogP contribution in [0.25, 0.3) is 0 Å². The number of isocyanates is 1. The normalized spacial score (nSPS) is 20.5. The van der Waals surface area contributed by atoms with Gasteiger partial charge in [0.2, 0.25) is 6.08 Å². The van der Waals surface area contributed by atoms with Crippen LogP contribution >= 0.6 is 22.9 Å². The number of thiophene rings is 1. The molecule has 1 aliphatic rings. The summed E-state index contributed by atoms with van der Waals surface area (Å²) in [6.07, 6.45) is 4.71. The van der Waals surface area contributed by atoms with Crippen molar-refractivity contribution in [2.75, 3.05) is 0 Å². The predicted octanol–water partition coefficient (Wildman–Crippen LogP) is 3.11. The first kappa shape index (κ1) is 8.95. The first-order chi connectivity index (χ1) is 6.31. The Morgan fingerprint density at radius 2 is 2.54 bits per heavy atom. The topological polar surface area (TPSA) is 29.4 Å². The monoisotopic (exact) mass is 213 g/mol. The van der Waals surface area contributed by atoms with Crippen molar-refractivity contribution in [1.82, 2.24) is 0 Å². The van der Waals surface area contributed by atoms with Gasteiger partial charge in [0.1, 0.15) is 0 Å². The molecule has 0 saturated heterocycles. The highest BCUT2D eigenvalue weighted by Crippen LogP contribution is 2.39. The van der Waals surface area contributed by atoms with Crippen molar-refractivity contribution in [2.45, 2.75) is 25.3 Å². The standard InChI is InChI=1S/C9H8ClNOS/c10-9-4-6-7(11-5-12)2-1-3-8(6)13-9/h4,7H,1-3H2. The second-order valence-electron chi connectivity index (χ2n) is 3.06. The van der Waals surface area contributed by atoms with Crippen LogP contribution in [-0.2, 0) is 11.2 Å². The first-order valence-electron chi connectivity index (χ1n) is 4.16. The highest BCUT2D eigenvalue weighted by atomic mass is 35.5. The first-order valence-corrected chi connectivity index (χ1v) is 5.36. The minimum atomic E-state index is 0.00463. The van der Waals surface area contributed by atoms with Crippen molar-refractivity contribution in [1.29, 1.82) is 0 Å². The van der Waals surface area contributed by atoms with Gasteiger partial charge in [-0.25, -0.2) is 4.79 Å². The van der Waals surface area contributed by atoms with Crippen LogP contribution in [-0.4, -0.2) is 6.08 Å². The second kappa shape index (κ2) is 3.62.